The van der Waals surface area contributed by atoms with Crippen molar-refractivity contribution in [1.29, 1.82) is 0 Å². The lowest BCUT2D eigenvalue weighted by Crippen LogP contribution is -2.19. The van der Waals surface area contributed by atoms with Crippen LogP contribution in [0.1, 0.15) is 58.5 Å². The fourth-order valence-corrected chi connectivity index (χ4v) is 5.59. The molecule has 2 aromatic heterocycles. The highest BCUT2D eigenvalue weighted by atomic mass is 31.2. The molecular formula is C20H29N4O4P. The largest absolute Gasteiger partial charge is 0.364 e. The number of ether oxygens (including phenoxy) is 1. The summed E-state index contributed by atoms with van der Waals surface area (Å²) in [5, 5.41) is 13.1. The van der Waals surface area contributed by atoms with Crippen LogP contribution in [0, 0.1) is 6.92 Å². The molecule has 8 nitrogen and oxygen atoms in total. The molecule has 0 spiro atoms. The van der Waals surface area contributed by atoms with E-state index in [2.05, 4.69) is 15.5 Å². The normalized spacial score (nSPS) is 14.0. The minimum absolute atomic E-state index is 0.219. The highest BCUT2D eigenvalue weighted by molar-refractivity contribution is 7.54. The van der Waals surface area contributed by atoms with E-state index in [1.807, 2.05) is 72.7 Å². The number of nitrogens with zero attached hydrogens (tertiary/aromatic N) is 4. The molecule has 3 rings (SSSR count). The summed E-state index contributed by atoms with van der Waals surface area (Å²) < 4.78 is 33.5. The highest BCUT2D eigenvalue weighted by Crippen LogP contribution is 2.63. The molecule has 0 amide bonds. The van der Waals surface area contributed by atoms with Crippen LogP contribution < -0.4 is 0 Å². The summed E-state index contributed by atoms with van der Waals surface area (Å²) in [5.74, 6) is -0.967. The molecule has 2 heterocycles. The summed E-state index contributed by atoms with van der Waals surface area (Å²) >= 11 is 0. The van der Waals surface area contributed by atoms with Gasteiger partial charge in [0.2, 0.25) is 0 Å². The van der Waals surface area contributed by atoms with Crippen molar-refractivity contribution in [3.05, 3.63) is 35.4 Å². The molecule has 0 fully saturated rings. The van der Waals surface area contributed by atoms with E-state index in [0.29, 0.717) is 11.2 Å². The van der Waals surface area contributed by atoms with Crippen molar-refractivity contribution in [2.75, 3.05) is 0 Å². The van der Waals surface area contributed by atoms with Gasteiger partial charge in [-0.25, -0.2) is 0 Å². The molecule has 1 atom stereocenters. The molecular weight excluding hydrogens is 391 g/mol. The molecule has 0 N–H and O–H groups in total. The number of fused-ring (bicyclic) bond motifs is 3. The summed E-state index contributed by atoms with van der Waals surface area (Å²) in [6, 6.07) is 7.91. The SMILES string of the molecule is Cc1ccc2c(c1)cc(C(OC(C)C)P(=O)(OC(C)C)OC(C)C)c1nnnn12. The minimum Gasteiger partial charge on any atom is -0.358 e. The lowest BCUT2D eigenvalue weighted by Gasteiger charge is -2.31. The standard InChI is InChI=1S/C20H29N4O4P/c1-12(2)26-20(29(25,27-13(3)4)28-14(5)6)17-11-16-10-15(7)8-9-18(16)24-19(17)21-22-23-24/h8-14,20H,1-7H3. The first-order valence-corrected chi connectivity index (χ1v) is 11.4. The van der Waals surface area contributed by atoms with Crippen LogP contribution in [-0.2, 0) is 18.3 Å². The third-order valence-corrected chi connectivity index (χ3v) is 6.53. The Morgan fingerprint density at radius 1 is 0.966 bits per heavy atom. The Labute approximate surface area is 171 Å². The number of rotatable bonds is 8. The predicted octanol–water partition coefficient (Wildman–Crippen LogP) is 5.05. The molecule has 0 bridgehead atoms. The number of benzene rings is 1. The van der Waals surface area contributed by atoms with Gasteiger partial charge in [0.15, 0.2) is 11.5 Å². The summed E-state index contributed by atoms with van der Waals surface area (Å²) in [5.41, 5.74) is 2.99. The van der Waals surface area contributed by atoms with Gasteiger partial charge < -0.3 is 13.8 Å². The zero-order chi connectivity index (χ0) is 21.3. The van der Waals surface area contributed by atoms with Gasteiger partial charge in [0.1, 0.15) is 0 Å². The maximum atomic E-state index is 14.0. The second-order valence-corrected chi connectivity index (χ2v) is 9.93. The van der Waals surface area contributed by atoms with E-state index in [-0.39, 0.29) is 18.3 Å². The van der Waals surface area contributed by atoms with Gasteiger partial charge in [0, 0.05) is 10.9 Å². The smallest absolute Gasteiger partial charge is 0.358 e. The van der Waals surface area contributed by atoms with E-state index in [1.54, 1.807) is 4.52 Å². The number of pyridine rings is 1. The molecule has 29 heavy (non-hydrogen) atoms. The number of aromatic nitrogens is 4. The fraction of sp³-hybridized carbons (Fsp3) is 0.550. The zero-order valence-corrected chi connectivity index (χ0v) is 18.9. The first-order valence-electron chi connectivity index (χ1n) is 9.84. The van der Waals surface area contributed by atoms with E-state index < -0.39 is 13.4 Å². The summed E-state index contributed by atoms with van der Waals surface area (Å²) in [4.78, 5) is 0. The van der Waals surface area contributed by atoms with Crippen LogP contribution in [0.15, 0.2) is 24.3 Å². The van der Waals surface area contributed by atoms with Gasteiger partial charge >= 0.3 is 7.60 Å². The van der Waals surface area contributed by atoms with Crippen LogP contribution in [0.5, 0.6) is 0 Å². The molecule has 1 aromatic carbocycles. The Morgan fingerprint density at radius 3 is 2.21 bits per heavy atom. The van der Waals surface area contributed by atoms with E-state index >= 15 is 0 Å². The number of hydrogen-bond donors (Lipinski definition) is 0. The molecule has 9 heteroatoms. The van der Waals surface area contributed by atoms with Crippen LogP contribution in [0.3, 0.4) is 0 Å². The highest BCUT2D eigenvalue weighted by Gasteiger charge is 2.42. The Kier molecular flexibility index (Phi) is 6.39. The summed E-state index contributed by atoms with van der Waals surface area (Å²) in [7, 11) is -3.72. The van der Waals surface area contributed by atoms with Crippen LogP contribution in [-0.4, -0.2) is 38.4 Å². The van der Waals surface area contributed by atoms with E-state index in [9.17, 15) is 4.57 Å². The van der Waals surface area contributed by atoms with Crippen molar-refractivity contribution < 1.29 is 18.3 Å². The van der Waals surface area contributed by atoms with Gasteiger partial charge in [0.05, 0.1) is 23.8 Å². The van der Waals surface area contributed by atoms with Crippen LogP contribution in [0.25, 0.3) is 16.6 Å². The van der Waals surface area contributed by atoms with Gasteiger partial charge in [-0.1, -0.05) is 11.6 Å². The van der Waals surface area contributed by atoms with Gasteiger partial charge in [-0.3, -0.25) is 4.57 Å². The molecule has 0 saturated carbocycles. The molecule has 1 unspecified atom stereocenters. The fourth-order valence-electron chi connectivity index (χ4n) is 3.22. The molecule has 0 radical (unpaired) electrons. The van der Waals surface area contributed by atoms with Gasteiger partial charge in [-0.15, -0.1) is 5.10 Å². The van der Waals surface area contributed by atoms with Crippen LogP contribution in [0.2, 0.25) is 0 Å². The Morgan fingerprint density at radius 2 is 1.62 bits per heavy atom. The van der Waals surface area contributed by atoms with E-state index in [4.69, 9.17) is 13.8 Å². The average Bonchev–Trinajstić information content (AvgIpc) is 3.06. The first-order chi connectivity index (χ1) is 13.6. The molecule has 0 aliphatic rings. The topological polar surface area (TPSA) is 87.8 Å². The summed E-state index contributed by atoms with van der Waals surface area (Å²) in [6.07, 6.45) is -0.843. The number of hydrogen-bond acceptors (Lipinski definition) is 7. The predicted molar refractivity (Wildman–Crippen MR) is 112 cm³/mol. The molecule has 158 valence electrons. The molecule has 0 aliphatic heterocycles. The lowest BCUT2D eigenvalue weighted by molar-refractivity contribution is 0.0180. The van der Waals surface area contributed by atoms with E-state index in [1.165, 1.54) is 0 Å². The van der Waals surface area contributed by atoms with Gasteiger partial charge in [0.25, 0.3) is 0 Å². The lowest BCUT2D eigenvalue weighted by atomic mass is 10.1. The third kappa shape index (κ3) is 4.67. The quantitative estimate of drug-likeness (QED) is 0.471. The number of tetrazole rings is 1. The number of aryl methyl sites for hydroxylation is 1. The van der Waals surface area contributed by atoms with Crippen molar-refractivity contribution >= 4 is 24.1 Å². The minimum atomic E-state index is -3.72. The first kappa shape index (κ1) is 21.8. The molecule has 3 aromatic rings. The van der Waals surface area contributed by atoms with Gasteiger partial charge in [-0.05, 0) is 77.1 Å². The molecule has 0 saturated heterocycles. The van der Waals surface area contributed by atoms with Crippen molar-refractivity contribution in [2.24, 2.45) is 0 Å². The maximum absolute atomic E-state index is 14.0. The summed E-state index contributed by atoms with van der Waals surface area (Å²) in [6.45, 7) is 13.1. The Hall–Kier alpha value is -1.86. The van der Waals surface area contributed by atoms with E-state index in [0.717, 1.165) is 16.5 Å². The average molecular weight is 420 g/mol. The Balaban J connectivity index is 2.28. The third-order valence-electron chi connectivity index (χ3n) is 4.12. The zero-order valence-electron chi connectivity index (χ0n) is 18.0. The van der Waals surface area contributed by atoms with Crippen molar-refractivity contribution in [2.45, 2.75) is 72.6 Å². The van der Waals surface area contributed by atoms with Crippen molar-refractivity contribution in [3.63, 3.8) is 0 Å². The second kappa shape index (κ2) is 8.48. The van der Waals surface area contributed by atoms with Crippen molar-refractivity contribution in [3.8, 4) is 0 Å². The molecule has 0 aliphatic carbocycles. The van der Waals surface area contributed by atoms with Crippen molar-refractivity contribution in [1.82, 2.24) is 20.0 Å². The monoisotopic (exact) mass is 420 g/mol. The Bertz CT molecular complexity index is 1030. The van der Waals surface area contributed by atoms with Gasteiger partial charge in [-0.2, -0.15) is 4.52 Å². The second-order valence-electron chi connectivity index (χ2n) is 7.96. The van der Waals surface area contributed by atoms with Crippen LogP contribution >= 0.6 is 7.60 Å². The van der Waals surface area contributed by atoms with Crippen LogP contribution in [0.4, 0.5) is 0 Å². The maximum Gasteiger partial charge on any atom is 0.364 e.